The zero-order chi connectivity index (χ0) is 56.8. The van der Waals surface area contributed by atoms with E-state index in [1.54, 1.807) is 0 Å². The molecule has 0 radical (unpaired) electrons. The molecule has 0 spiro atoms. The number of hydrogen-bond acceptors (Lipinski definition) is 4. The van der Waals surface area contributed by atoms with Gasteiger partial charge in [-0.05, 0) is 210 Å². The molecule has 0 amide bonds. The Hall–Kier alpha value is -7.34. The lowest BCUT2D eigenvalue weighted by atomic mass is 9.42. The van der Waals surface area contributed by atoms with Gasteiger partial charge in [0.15, 0.2) is 0 Å². The Labute approximate surface area is 491 Å². The summed E-state index contributed by atoms with van der Waals surface area (Å²) in [7, 11) is 0. The third-order valence-corrected chi connectivity index (χ3v) is 21.8. The van der Waals surface area contributed by atoms with Crippen LogP contribution >= 0.6 is 11.3 Å². The van der Waals surface area contributed by atoms with Crippen LogP contribution in [0.25, 0.3) is 42.4 Å². The predicted molar refractivity (Wildman–Crippen MR) is 355 cm³/mol. The summed E-state index contributed by atoms with van der Waals surface area (Å²) in [4.78, 5) is 8.01. The number of fused-ring (bicyclic) bond motifs is 13. The summed E-state index contributed by atoms with van der Waals surface area (Å²) in [6.07, 6.45) is 4.65. The first-order valence-electron chi connectivity index (χ1n) is 30.3. The van der Waals surface area contributed by atoms with Crippen LogP contribution in [0.15, 0.2) is 176 Å². The molecule has 2 aliphatic heterocycles. The minimum Gasteiger partial charge on any atom is -0.376 e. The molecule has 3 nitrogen and oxygen atoms in total. The average molecular weight is 1090 g/mol. The van der Waals surface area contributed by atoms with Gasteiger partial charge in [-0.25, -0.2) is 0 Å². The van der Waals surface area contributed by atoms with Crippen molar-refractivity contribution in [2.24, 2.45) is 0 Å². The quantitative estimate of drug-likeness (QED) is 0.159. The molecule has 0 bridgehead atoms. The van der Waals surface area contributed by atoms with E-state index in [0.717, 1.165) is 36.3 Å². The molecule has 15 rings (SSSR count). The van der Waals surface area contributed by atoms with E-state index in [4.69, 9.17) is 0 Å². The number of para-hydroxylation sites is 2. The van der Waals surface area contributed by atoms with Crippen molar-refractivity contribution in [1.29, 1.82) is 0 Å². The molecule has 0 atom stereocenters. The molecule has 9 aromatic carbocycles. The molecule has 0 unspecified atom stereocenters. The minimum atomic E-state index is -0.297. The summed E-state index contributed by atoms with van der Waals surface area (Å²) in [5, 5.41) is 2.58. The number of thiophene rings is 1. The lowest BCUT2D eigenvalue weighted by Crippen LogP contribution is -2.62. The smallest absolute Gasteiger partial charge is 0.333 e. The zero-order valence-corrected chi connectivity index (χ0v) is 51.2. The van der Waals surface area contributed by atoms with Crippen LogP contribution in [0.3, 0.4) is 0 Å². The van der Waals surface area contributed by atoms with Gasteiger partial charge >= 0.3 is 6.85 Å². The van der Waals surface area contributed by atoms with E-state index in [0.29, 0.717) is 0 Å². The summed E-state index contributed by atoms with van der Waals surface area (Å²) in [6, 6.07) is 68.8. The molecule has 3 aliphatic carbocycles. The summed E-state index contributed by atoms with van der Waals surface area (Å²) >= 11 is 1.93. The van der Waals surface area contributed by atoms with Gasteiger partial charge in [-0.15, -0.1) is 11.3 Å². The van der Waals surface area contributed by atoms with Gasteiger partial charge in [-0.2, -0.15) is 0 Å². The average Bonchev–Trinajstić information content (AvgIpc) is 2.07. The van der Waals surface area contributed by atoms with Gasteiger partial charge in [-0.3, -0.25) is 0 Å². The molecular formula is C77H76BN3S. The van der Waals surface area contributed by atoms with Crippen molar-refractivity contribution in [2.75, 3.05) is 14.6 Å². The molecule has 10 aromatic rings. The first-order chi connectivity index (χ1) is 39.0. The van der Waals surface area contributed by atoms with Crippen molar-refractivity contribution in [2.45, 2.75) is 148 Å². The Morgan fingerprint density at radius 2 is 1.01 bits per heavy atom. The molecule has 1 aromatic heterocycles. The highest BCUT2D eigenvalue weighted by Crippen LogP contribution is 2.60. The first-order valence-corrected chi connectivity index (χ1v) is 31.1. The van der Waals surface area contributed by atoms with Gasteiger partial charge in [0.05, 0.1) is 0 Å². The van der Waals surface area contributed by atoms with E-state index in [1.807, 2.05) is 11.3 Å². The van der Waals surface area contributed by atoms with Crippen LogP contribution in [0.2, 0.25) is 0 Å². The van der Waals surface area contributed by atoms with Crippen molar-refractivity contribution < 1.29 is 0 Å². The zero-order valence-electron chi connectivity index (χ0n) is 50.4. The molecule has 408 valence electrons. The van der Waals surface area contributed by atoms with Gasteiger partial charge in [0.2, 0.25) is 0 Å². The fourth-order valence-electron chi connectivity index (χ4n) is 15.7. The maximum Gasteiger partial charge on any atom is 0.333 e. The number of rotatable bonds is 5. The maximum absolute atomic E-state index is 2.81. The third kappa shape index (κ3) is 7.46. The molecular weight excluding hydrogens is 1010 g/mol. The Balaban J connectivity index is 1.09. The number of hydrogen-bond donors (Lipinski definition) is 0. The highest BCUT2D eigenvalue weighted by molar-refractivity contribution is 7.25. The van der Waals surface area contributed by atoms with Gasteiger partial charge in [0.1, 0.15) is 0 Å². The lowest BCUT2D eigenvalue weighted by Gasteiger charge is -2.50. The maximum atomic E-state index is 2.81. The highest BCUT2D eigenvalue weighted by Gasteiger charge is 2.52. The van der Waals surface area contributed by atoms with Crippen LogP contribution in [-0.4, -0.2) is 6.85 Å². The van der Waals surface area contributed by atoms with E-state index in [-0.39, 0.29) is 39.3 Å². The van der Waals surface area contributed by atoms with Crippen LogP contribution in [-0.2, 0) is 32.5 Å². The number of benzene rings is 9. The molecule has 0 saturated heterocycles. The second-order valence-corrected chi connectivity index (χ2v) is 30.1. The Kier molecular flexibility index (Phi) is 10.9. The van der Waals surface area contributed by atoms with Crippen LogP contribution < -0.4 is 25.5 Å². The van der Waals surface area contributed by atoms with Gasteiger partial charge in [-0.1, -0.05) is 175 Å². The van der Waals surface area contributed by atoms with E-state index < -0.39 is 0 Å². The SMILES string of the molecule is CC(C)(C)c1ccc(N2B3c4cc5c(cc4N(c4ccc6c(c4)C(C)(C)CCC6(C)C)c4c3c(cc3c4C(C)(C)c4ccccc4-3)-c3cc4c(cc32)sc2ccc(N(c3ccccc3)c3ccccc3)cc24)C(C)(C)CCC5(C)C)cc1. The molecule has 82 heavy (non-hydrogen) atoms. The van der Waals surface area contributed by atoms with Crippen molar-refractivity contribution in [3.63, 3.8) is 0 Å². The monoisotopic (exact) mass is 1090 g/mol. The largest absolute Gasteiger partial charge is 0.376 e. The van der Waals surface area contributed by atoms with Crippen LogP contribution in [0.4, 0.5) is 45.5 Å². The molecule has 0 fully saturated rings. The lowest BCUT2D eigenvalue weighted by molar-refractivity contribution is 0.332. The number of nitrogens with zero attached hydrogens (tertiary/aromatic N) is 3. The second-order valence-electron chi connectivity index (χ2n) is 29.1. The van der Waals surface area contributed by atoms with Crippen LogP contribution in [0, 0.1) is 0 Å². The van der Waals surface area contributed by atoms with E-state index in [1.165, 1.54) is 127 Å². The highest BCUT2D eigenvalue weighted by atomic mass is 32.1. The van der Waals surface area contributed by atoms with Crippen molar-refractivity contribution in [1.82, 2.24) is 0 Å². The summed E-state index contributed by atoms with van der Waals surface area (Å²) in [5.41, 5.74) is 27.9. The minimum absolute atomic E-state index is 0.000505. The van der Waals surface area contributed by atoms with E-state index >= 15 is 0 Å². The van der Waals surface area contributed by atoms with E-state index in [2.05, 4.69) is 281 Å². The molecule has 3 heterocycles. The summed E-state index contributed by atoms with van der Waals surface area (Å²) in [5.74, 6) is 0. The van der Waals surface area contributed by atoms with Crippen LogP contribution in [0.5, 0.6) is 0 Å². The number of anilines is 8. The first kappa shape index (κ1) is 51.5. The summed E-state index contributed by atoms with van der Waals surface area (Å²) in [6.45, 7) is 31.9. The molecule has 5 aliphatic rings. The third-order valence-electron chi connectivity index (χ3n) is 20.7. The Bertz CT molecular complexity index is 4260. The topological polar surface area (TPSA) is 9.72 Å². The standard InChI is InChI=1S/C77H76BN3S/c1-72(2,3)47-28-30-50(31-29-47)81-65-46-68-56(55-40-51(33-35-67(55)82-68)79(48-22-16-14-17-23-48)49-24-18-15-19-25-49)42-54(65)58-43-57-53-26-20-21-27-59(53)77(12,13)69(57)71-70(58)78(81)64-44-62-63(76(10,11)39-38-75(62,8)9)45-66(64)80(71)52-32-34-60-61(41-52)74(6,7)37-36-73(60,4)5/h14-35,40-46H,36-39H2,1-13H3. The molecule has 0 N–H and O–H groups in total. The van der Waals surface area contributed by atoms with Crippen molar-refractivity contribution in [3.05, 3.63) is 215 Å². The summed E-state index contributed by atoms with van der Waals surface area (Å²) < 4.78 is 2.59. The van der Waals surface area contributed by atoms with E-state index in [9.17, 15) is 0 Å². The molecule has 0 saturated carbocycles. The Morgan fingerprint density at radius 3 is 1.66 bits per heavy atom. The normalized spacial score (nSPS) is 18.0. The van der Waals surface area contributed by atoms with Gasteiger partial charge in [0, 0.05) is 76.6 Å². The van der Waals surface area contributed by atoms with Crippen LogP contribution in [0.1, 0.15) is 155 Å². The van der Waals surface area contributed by atoms with Gasteiger partial charge in [0.25, 0.3) is 0 Å². The Morgan fingerprint density at radius 1 is 0.439 bits per heavy atom. The second kappa shape index (κ2) is 17.4. The predicted octanol–water partition coefficient (Wildman–Crippen LogP) is 20.5. The van der Waals surface area contributed by atoms with Crippen molar-refractivity contribution in [3.8, 4) is 22.3 Å². The fraction of sp³-hybridized carbons (Fsp3) is 0.299. The fourth-order valence-corrected chi connectivity index (χ4v) is 16.8. The van der Waals surface area contributed by atoms with Crippen molar-refractivity contribution >= 4 is 94.8 Å². The van der Waals surface area contributed by atoms with Gasteiger partial charge < -0.3 is 14.6 Å². The molecule has 5 heteroatoms.